The van der Waals surface area contributed by atoms with E-state index >= 15 is 0 Å². The standard InChI is InChI=1S/C11H16N2O6S2/c14-11(15)6-7-12-20(16,17)9-8-13-21(18,19)10-4-2-1-3-5-10/h1-5,12-13H,6-9H2,(H,14,15). The third-order valence-electron chi connectivity index (χ3n) is 2.38. The molecule has 8 nitrogen and oxygen atoms in total. The lowest BCUT2D eigenvalue weighted by atomic mass is 10.4. The van der Waals surface area contributed by atoms with Gasteiger partial charge in [-0.05, 0) is 12.1 Å². The Morgan fingerprint density at radius 1 is 1.00 bits per heavy atom. The van der Waals surface area contributed by atoms with Gasteiger partial charge in [-0.15, -0.1) is 0 Å². The Labute approximate surface area is 123 Å². The maximum absolute atomic E-state index is 11.8. The molecule has 10 heteroatoms. The molecular weight excluding hydrogens is 320 g/mol. The van der Waals surface area contributed by atoms with Gasteiger partial charge in [-0.3, -0.25) is 4.79 Å². The minimum Gasteiger partial charge on any atom is -0.481 e. The van der Waals surface area contributed by atoms with E-state index in [4.69, 9.17) is 5.11 Å². The van der Waals surface area contributed by atoms with Crippen molar-refractivity contribution in [3.63, 3.8) is 0 Å². The molecule has 0 spiro atoms. The summed E-state index contributed by atoms with van der Waals surface area (Å²) in [6.07, 6.45) is -0.338. The number of benzene rings is 1. The van der Waals surface area contributed by atoms with Gasteiger partial charge in [-0.2, -0.15) is 0 Å². The second kappa shape index (κ2) is 7.50. The fourth-order valence-corrected chi connectivity index (χ4v) is 3.49. The third-order valence-corrected chi connectivity index (χ3v) is 5.24. The molecule has 0 saturated heterocycles. The third kappa shape index (κ3) is 6.67. The molecule has 0 fully saturated rings. The van der Waals surface area contributed by atoms with Gasteiger partial charge >= 0.3 is 5.97 Å². The predicted octanol–water partition coefficient (Wildman–Crippen LogP) is -0.641. The van der Waals surface area contributed by atoms with Crippen molar-refractivity contribution in [2.75, 3.05) is 18.8 Å². The zero-order valence-corrected chi connectivity index (χ0v) is 12.7. The normalized spacial score (nSPS) is 12.2. The molecule has 0 amide bonds. The van der Waals surface area contributed by atoms with E-state index in [9.17, 15) is 21.6 Å². The summed E-state index contributed by atoms with van der Waals surface area (Å²) in [7, 11) is -7.48. The van der Waals surface area contributed by atoms with Crippen LogP contribution in [0.3, 0.4) is 0 Å². The molecule has 21 heavy (non-hydrogen) atoms. The van der Waals surface area contributed by atoms with E-state index in [1.165, 1.54) is 12.1 Å². The Morgan fingerprint density at radius 3 is 2.19 bits per heavy atom. The molecule has 0 aliphatic rings. The van der Waals surface area contributed by atoms with Crippen molar-refractivity contribution in [1.29, 1.82) is 0 Å². The molecule has 0 aliphatic carbocycles. The molecule has 0 heterocycles. The van der Waals surface area contributed by atoms with E-state index in [0.717, 1.165) is 0 Å². The lowest BCUT2D eigenvalue weighted by molar-refractivity contribution is -0.136. The highest BCUT2D eigenvalue weighted by molar-refractivity contribution is 7.90. The fourth-order valence-electron chi connectivity index (χ4n) is 1.38. The molecule has 1 rings (SSSR count). The van der Waals surface area contributed by atoms with Crippen molar-refractivity contribution in [2.24, 2.45) is 0 Å². The average Bonchev–Trinajstić information content (AvgIpc) is 2.38. The second-order valence-corrected chi connectivity index (χ2v) is 7.76. The summed E-state index contributed by atoms with van der Waals surface area (Å²) in [5, 5.41) is 8.39. The molecule has 0 aliphatic heterocycles. The molecule has 3 N–H and O–H groups in total. The summed E-state index contributed by atoms with van der Waals surface area (Å²) in [4.78, 5) is 10.3. The largest absolute Gasteiger partial charge is 0.481 e. The molecule has 0 radical (unpaired) electrons. The quantitative estimate of drug-likeness (QED) is 0.550. The number of carbonyl (C=O) groups is 1. The first kappa shape index (κ1) is 17.6. The van der Waals surface area contributed by atoms with Crippen LogP contribution in [0, 0.1) is 0 Å². The highest BCUT2D eigenvalue weighted by Gasteiger charge is 2.16. The number of carboxylic acid groups (broad SMARTS) is 1. The minimum atomic E-state index is -3.75. The van der Waals surface area contributed by atoms with Crippen LogP contribution in [0.25, 0.3) is 0 Å². The first-order valence-electron chi connectivity index (χ1n) is 5.97. The molecule has 1 aromatic rings. The van der Waals surface area contributed by atoms with Crippen LogP contribution in [0.5, 0.6) is 0 Å². The Morgan fingerprint density at radius 2 is 1.62 bits per heavy atom. The zero-order chi connectivity index (χ0) is 15.9. The van der Waals surface area contributed by atoms with Gasteiger partial charge in [0.2, 0.25) is 20.0 Å². The second-order valence-electron chi connectivity index (χ2n) is 4.07. The minimum absolute atomic E-state index is 0.0428. The van der Waals surface area contributed by atoms with Gasteiger partial charge in [0.1, 0.15) is 0 Å². The summed E-state index contributed by atoms with van der Waals surface area (Å²) < 4.78 is 50.9. The molecule has 0 atom stereocenters. The van der Waals surface area contributed by atoms with Gasteiger partial charge < -0.3 is 5.11 Å². The van der Waals surface area contributed by atoms with Crippen LogP contribution in [-0.2, 0) is 24.8 Å². The van der Waals surface area contributed by atoms with E-state index in [-0.39, 0.29) is 24.4 Å². The van der Waals surface area contributed by atoms with E-state index in [1.807, 2.05) is 0 Å². The maximum atomic E-state index is 11.8. The topological polar surface area (TPSA) is 130 Å². The van der Waals surface area contributed by atoms with E-state index < -0.39 is 31.8 Å². The van der Waals surface area contributed by atoms with Crippen molar-refractivity contribution >= 4 is 26.0 Å². The first-order chi connectivity index (χ1) is 9.73. The van der Waals surface area contributed by atoms with Crippen LogP contribution in [0.15, 0.2) is 35.2 Å². The lowest BCUT2D eigenvalue weighted by Gasteiger charge is -2.08. The maximum Gasteiger partial charge on any atom is 0.304 e. The number of hydrogen-bond donors (Lipinski definition) is 3. The number of sulfonamides is 2. The average molecular weight is 336 g/mol. The summed E-state index contributed by atoms with van der Waals surface area (Å²) >= 11 is 0. The van der Waals surface area contributed by atoms with Crippen molar-refractivity contribution in [1.82, 2.24) is 9.44 Å². The van der Waals surface area contributed by atoms with Crippen molar-refractivity contribution in [3.8, 4) is 0 Å². The monoisotopic (exact) mass is 336 g/mol. The molecule has 118 valence electrons. The Hall–Kier alpha value is -1.49. The summed E-state index contributed by atoms with van der Waals surface area (Å²) in [5.41, 5.74) is 0. The fraction of sp³-hybridized carbons (Fsp3) is 0.364. The number of hydrogen-bond acceptors (Lipinski definition) is 5. The summed E-state index contributed by atoms with van der Waals surface area (Å²) in [6.45, 7) is -0.539. The van der Waals surface area contributed by atoms with Crippen LogP contribution >= 0.6 is 0 Å². The lowest BCUT2D eigenvalue weighted by Crippen LogP contribution is -2.35. The zero-order valence-electron chi connectivity index (χ0n) is 11.0. The number of carboxylic acids is 1. The van der Waals surface area contributed by atoms with Crippen LogP contribution < -0.4 is 9.44 Å². The van der Waals surface area contributed by atoms with Crippen molar-refractivity contribution in [3.05, 3.63) is 30.3 Å². The number of aliphatic carboxylic acids is 1. The molecule has 0 aromatic heterocycles. The van der Waals surface area contributed by atoms with E-state index in [2.05, 4.69) is 9.44 Å². The van der Waals surface area contributed by atoms with Crippen molar-refractivity contribution < 1.29 is 26.7 Å². The smallest absolute Gasteiger partial charge is 0.304 e. The van der Waals surface area contributed by atoms with Gasteiger partial charge in [0, 0.05) is 13.1 Å². The van der Waals surface area contributed by atoms with Gasteiger partial charge in [0.05, 0.1) is 17.1 Å². The SMILES string of the molecule is O=C(O)CCNS(=O)(=O)CCNS(=O)(=O)c1ccccc1. The molecular formula is C11H16N2O6S2. The van der Waals surface area contributed by atoms with Crippen LogP contribution in [0.4, 0.5) is 0 Å². The number of rotatable bonds is 9. The highest BCUT2D eigenvalue weighted by Crippen LogP contribution is 2.06. The first-order valence-corrected chi connectivity index (χ1v) is 9.10. The Bertz CT molecular complexity index is 670. The number of nitrogens with one attached hydrogen (secondary N) is 2. The molecule has 0 unspecified atom stereocenters. The van der Waals surface area contributed by atoms with Gasteiger partial charge in [-0.1, -0.05) is 18.2 Å². The predicted molar refractivity (Wildman–Crippen MR) is 75.7 cm³/mol. The van der Waals surface area contributed by atoms with E-state index in [1.54, 1.807) is 18.2 Å². The van der Waals surface area contributed by atoms with Gasteiger partial charge in [0.15, 0.2) is 0 Å². The summed E-state index contributed by atoms with van der Waals surface area (Å²) in [5.74, 6) is -1.60. The van der Waals surface area contributed by atoms with Crippen LogP contribution in [0.2, 0.25) is 0 Å². The van der Waals surface area contributed by atoms with Gasteiger partial charge in [-0.25, -0.2) is 26.3 Å². The molecule has 0 bridgehead atoms. The van der Waals surface area contributed by atoms with Crippen molar-refractivity contribution in [2.45, 2.75) is 11.3 Å². The highest BCUT2D eigenvalue weighted by atomic mass is 32.2. The summed E-state index contributed by atoms with van der Waals surface area (Å²) in [6, 6.07) is 7.55. The Kier molecular flexibility index (Phi) is 6.27. The molecule has 0 saturated carbocycles. The van der Waals surface area contributed by atoms with Crippen LogP contribution in [0.1, 0.15) is 6.42 Å². The van der Waals surface area contributed by atoms with E-state index in [0.29, 0.717) is 0 Å². The van der Waals surface area contributed by atoms with Crippen LogP contribution in [-0.4, -0.2) is 46.8 Å². The van der Waals surface area contributed by atoms with Gasteiger partial charge in [0.25, 0.3) is 0 Å². The Balaban J connectivity index is 2.47. The molecule has 1 aromatic carbocycles.